The summed E-state index contributed by atoms with van der Waals surface area (Å²) in [7, 11) is 0. The molecule has 0 aromatic heterocycles. The number of amides is 1. The highest BCUT2D eigenvalue weighted by Crippen LogP contribution is 2.23. The first-order valence-corrected chi connectivity index (χ1v) is 8.39. The second-order valence-electron chi connectivity index (χ2n) is 6.56. The molecule has 5 nitrogen and oxygen atoms in total. The van der Waals surface area contributed by atoms with Crippen molar-refractivity contribution in [1.82, 2.24) is 4.90 Å². The minimum atomic E-state index is -0.778. The van der Waals surface area contributed by atoms with Crippen LogP contribution in [0.15, 0.2) is 18.2 Å². The number of carbonyl (C=O) groups is 2. The molecule has 0 spiro atoms. The lowest BCUT2D eigenvalue weighted by atomic mass is 9.92. The van der Waals surface area contributed by atoms with Crippen molar-refractivity contribution in [2.75, 3.05) is 18.4 Å². The molecule has 2 unspecified atom stereocenters. The van der Waals surface area contributed by atoms with Crippen LogP contribution < -0.4 is 5.32 Å². The molecule has 2 N–H and O–H groups in total. The zero-order valence-corrected chi connectivity index (χ0v) is 14.2. The number of hydrogen-bond acceptors (Lipinski definition) is 3. The zero-order valence-electron chi connectivity index (χ0n) is 14.2. The van der Waals surface area contributed by atoms with Gasteiger partial charge in [-0.05, 0) is 63.3 Å². The second kappa shape index (κ2) is 8.24. The number of anilines is 1. The van der Waals surface area contributed by atoms with E-state index >= 15 is 0 Å². The number of aliphatic carboxylic acids is 1. The number of aryl methyl sites for hydroxylation is 1. The number of nitrogens with zero attached hydrogens (tertiary/aromatic N) is 1. The molecule has 2 rings (SSSR count). The number of rotatable bonds is 6. The van der Waals surface area contributed by atoms with E-state index in [0.29, 0.717) is 23.6 Å². The van der Waals surface area contributed by atoms with Crippen LogP contribution in [-0.2, 0) is 9.59 Å². The first-order chi connectivity index (χ1) is 11.4. The van der Waals surface area contributed by atoms with Crippen LogP contribution in [-0.4, -0.2) is 41.0 Å². The minimum Gasteiger partial charge on any atom is -0.481 e. The largest absolute Gasteiger partial charge is 0.481 e. The van der Waals surface area contributed by atoms with E-state index in [1.807, 2.05) is 6.92 Å². The maximum Gasteiger partial charge on any atom is 0.303 e. The number of carboxylic acids is 1. The van der Waals surface area contributed by atoms with Crippen molar-refractivity contribution < 1.29 is 19.1 Å². The molecular formula is C18H25FN2O3. The van der Waals surface area contributed by atoms with Crippen molar-refractivity contribution in [1.29, 1.82) is 0 Å². The highest BCUT2D eigenvalue weighted by Gasteiger charge is 2.27. The smallest absolute Gasteiger partial charge is 0.303 e. The summed E-state index contributed by atoms with van der Waals surface area (Å²) in [4.78, 5) is 25.2. The summed E-state index contributed by atoms with van der Waals surface area (Å²) in [6.07, 6.45) is 2.77. The molecule has 1 heterocycles. The predicted molar refractivity (Wildman–Crippen MR) is 90.4 cm³/mol. The zero-order chi connectivity index (χ0) is 17.7. The van der Waals surface area contributed by atoms with Gasteiger partial charge in [0.05, 0.1) is 6.04 Å². The van der Waals surface area contributed by atoms with Crippen LogP contribution in [0.3, 0.4) is 0 Å². The quantitative estimate of drug-likeness (QED) is 0.838. The van der Waals surface area contributed by atoms with Crippen molar-refractivity contribution in [2.45, 2.75) is 45.6 Å². The van der Waals surface area contributed by atoms with E-state index in [0.717, 1.165) is 25.9 Å². The molecule has 1 aliphatic rings. The lowest BCUT2D eigenvalue weighted by Gasteiger charge is -2.36. The van der Waals surface area contributed by atoms with Gasteiger partial charge in [-0.15, -0.1) is 0 Å². The van der Waals surface area contributed by atoms with E-state index in [9.17, 15) is 14.0 Å². The molecule has 1 amide bonds. The highest BCUT2D eigenvalue weighted by molar-refractivity contribution is 5.94. The van der Waals surface area contributed by atoms with Crippen LogP contribution in [0.5, 0.6) is 0 Å². The van der Waals surface area contributed by atoms with Crippen LogP contribution in [0.2, 0.25) is 0 Å². The summed E-state index contributed by atoms with van der Waals surface area (Å²) in [5.41, 5.74) is 0.993. The second-order valence-corrected chi connectivity index (χ2v) is 6.56. The number of nitrogens with one attached hydrogen (secondary N) is 1. The van der Waals surface area contributed by atoms with Crippen LogP contribution in [0.1, 0.15) is 38.2 Å². The van der Waals surface area contributed by atoms with Gasteiger partial charge >= 0.3 is 5.97 Å². The predicted octanol–water partition coefficient (Wildman–Crippen LogP) is 3.04. The first-order valence-electron chi connectivity index (χ1n) is 8.39. The molecule has 2 atom stereocenters. The first kappa shape index (κ1) is 18.4. The molecule has 0 saturated carbocycles. The molecule has 0 bridgehead atoms. The number of carbonyl (C=O) groups excluding carboxylic acids is 1. The third-order valence-electron chi connectivity index (χ3n) is 4.68. The van der Waals surface area contributed by atoms with Gasteiger partial charge in [0.15, 0.2) is 0 Å². The summed E-state index contributed by atoms with van der Waals surface area (Å²) in [5.74, 6) is -0.981. The minimum absolute atomic E-state index is 0.168. The standard InChI is InChI=1S/C18H25FN2O3/c1-12-5-7-15(10-16(12)19)20-18(24)13(2)21-9-3-4-14(11-21)6-8-17(22)23/h5,7,10,13-14H,3-4,6,8-9,11H2,1-2H3,(H,20,24)(H,22,23). The summed E-state index contributed by atoms with van der Waals surface area (Å²) in [5, 5.41) is 11.6. The van der Waals surface area contributed by atoms with Crippen molar-refractivity contribution in [2.24, 2.45) is 5.92 Å². The average molecular weight is 336 g/mol. The lowest BCUT2D eigenvalue weighted by molar-refractivity contribution is -0.137. The van der Waals surface area contributed by atoms with E-state index in [2.05, 4.69) is 10.2 Å². The SMILES string of the molecule is Cc1ccc(NC(=O)C(C)N2CCCC(CCC(=O)O)C2)cc1F. The summed E-state index contributed by atoms with van der Waals surface area (Å²) in [6, 6.07) is 4.32. The number of carboxylic acid groups (broad SMARTS) is 1. The van der Waals surface area contributed by atoms with Crippen LogP contribution in [0.4, 0.5) is 10.1 Å². The maximum atomic E-state index is 13.6. The Labute approximate surface area is 141 Å². The Kier molecular flexibility index (Phi) is 6.31. The Morgan fingerprint density at radius 1 is 1.46 bits per heavy atom. The molecule has 1 aromatic rings. The van der Waals surface area contributed by atoms with Gasteiger partial charge in [-0.25, -0.2) is 4.39 Å². The monoisotopic (exact) mass is 336 g/mol. The van der Waals surface area contributed by atoms with Gasteiger partial charge < -0.3 is 10.4 Å². The topological polar surface area (TPSA) is 69.6 Å². The van der Waals surface area contributed by atoms with Gasteiger partial charge in [-0.2, -0.15) is 0 Å². The number of likely N-dealkylation sites (tertiary alicyclic amines) is 1. The fourth-order valence-electron chi connectivity index (χ4n) is 3.10. The van der Waals surface area contributed by atoms with E-state index in [1.54, 1.807) is 19.1 Å². The molecule has 1 saturated heterocycles. The Hall–Kier alpha value is -1.95. The van der Waals surface area contributed by atoms with Gasteiger partial charge in [-0.1, -0.05) is 6.07 Å². The Bertz CT molecular complexity index is 606. The van der Waals surface area contributed by atoms with Crippen molar-refractivity contribution in [3.63, 3.8) is 0 Å². The summed E-state index contributed by atoms with van der Waals surface area (Å²) in [6.45, 7) is 5.05. The molecule has 24 heavy (non-hydrogen) atoms. The number of halogens is 1. The van der Waals surface area contributed by atoms with E-state index in [1.165, 1.54) is 6.07 Å². The summed E-state index contributed by atoms with van der Waals surface area (Å²) < 4.78 is 13.6. The molecule has 6 heteroatoms. The van der Waals surface area contributed by atoms with E-state index in [-0.39, 0.29) is 24.2 Å². The average Bonchev–Trinajstić information content (AvgIpc) is 2.56. The number of hydrogen-bond donors (Lipinski definition) is 2. The fraction of sp³-hybridized carbons (Fsp3) is 0.556. The number of benzene rings is 1. The maximum absolute atomic E-state index is 13.6. The molecule has 1 aromatic carbocycles. The lowest BCUT2D eigenvalue weighted by Crippen LogP contribution is -2.47. The molecule has 132 valence electrons. The van der Waals surface area contributed by atoms with Crippen molar-refractivity contribution in [3.05, 3.63) is 29.6 Å². The van der Waals surface area contributed by atoms with E-state index in [4.69, 9.17) is 5.11 Å². The molecule has 1 aliphatic heterocycles. The Morgan fingerprint density at radius 3 is 2.88 bits per heavy atom. The van der Waals surface area contributed by atoms with Crippen molar-refractivity contribution in [3.8, 4) is 0 Å². The van der Waals surface area contributed by atoms with Crippen LogP contribution in [0, 0.1) is 18.7 Å². The normalized spacial score (nSPS) is 19.7. The molecule has 1 fully saturated rings. The van der Waals surface area contributed by atoms with Gasteiger partial charge in [0.25, 0.3) is 0 Å². The molecule has 0 aliphatic carbocycles. The van der Waals surface area contributed by atoms with E-state index < -0.39 is 5.97 Å². The van der Waals surface area contributed by atoms with Crippen LogP contribution >= 0.6 is 0 Å². The van der Waals surface area contributed by atoms with Gasteiger partial charge in [0.2, 0.25) is 5.91 Å². The van der Waals surface area contributed by atoms with Crippen molar-refractivity contribution >= 4 is 17.6 Å². The van der Waals surface area contributed by atoms with Gasteiger partial charge in [-0.3, -0.25) is 14.5 Å². The molecule has 0 radical (unpaired) electrons. The van der Waals surface area contributed by atoms with Gasteiger partial charge in [0, 0.05) is 18.7 Å². The molecular weight excluding hydrogens is 311 g/mol. The third-order valence-corrected chi connectivity index (χ3v) is 4.68. The highest BCUT2D eigenvalue weighted by atomic mass is 19.1. The third kappa shape index (κ3) is 5.03. The Morgan fingerprint density at radius 2 is 2.21 bits per heavy atom. The van der Waals surface area contributed by atoms with Crippen LogP contribution in [0.25, 0.3) is 0 Å². The fourth-order valence-corrected chi connectivity index (χ4v) is 3.10. The number of piperidine rings is 1. The Balaban J connectivity index is 1.91. The summed E-state index contributed by atoms with van der Waals surface area (Å²) >= 11 is 0. The van der Waals surface area contributed by atoms with Gasteiger partial charge in [0.1, 0.15) is 5.82 Å².